The summed E-state index contributed by atoms with van der Waals surface area (Å²) in [6.45, 7) is 8.34. The lowest BCUT2D eigenvalue weighted by atomic mass is 10.2. The second kappa shape index (κ2) is 8.68. The molecule has 1 atom stereocenters. The summed E-state index contributed by atoms with van der Waals surface area (Å²) in [6.07, 6.45) is 0.529. The van der Waals surface area contributed by atoms with E-state index < -0.39 is 0 Å². The normalized spacial score (nSPS) is 12.9. The summed E-state index contributed by atoms with van der Waals surface area (Å²) in [5, 5.41) is 6.09. The standard InChI is InChI=1S/C11H24N2O2/c1-9(2)7-13-11(14)5-6-12-10(3)8-15-4/h9-10,12H,5-8H2,1-4H3,(H,13,14). The average Bonchev–Trinajstić information content (AvgIpc) is 2.15. The molecule has 15 heavy (non-hydrogen) atoms. The van der Waals surface area contributed by atoms with E-state index in [1.807, 2.05) is 6.92 Å². The molecule has 0 spiro atoms. The smallest absolute Gasteiger partial charge is 0.221 e. The minimum Gasteiger partial charge on any atom is -0.383 e. The first-order chi connectivity index (χ1) is 7.06. The van der Waals surface area contributed by atoms with Gasteiger partial charge in [0.2, 0.25) is 5.91 Å². The Balaban J connectivity index is 3.38. The molecule has 0 saturated heterocycles. The van der Waals surface area contributed by atoms with Crippen LogP contribution < -0.4 is 10.6 Å². The summed E-state index contributed by atoms with van der Waals surface area (Å²) in [5.74, 6) is 0.621. The predicted octanol–water partition coefficient (Wildman–Crippen LogP) is 0.773. The Kier molecular flexibility index (Phi) is 8.33. The molecule has 90 valence electrons. The number of hydrogen-bond donors (Lipinski definition) is 2. The van der Waals surface area contributed by atoms with E-state index in [1.54, 1.807) is 7.11 Å². The van der Waals surface area contributed by atoms with Crippen molar-refractivity contribution in [2.24, 2.45) is 5.92 Å². The van der Waals surface area contributed by atoms with Crippen molar-refractivity contribution in [3.8, 4) is 0 Å². The molecule has 0 aromatic rings. The van der Waals surface area contributed by atoms with Crippen LogP contribution in [0.2, 0.25) is 0 Å². The molecule has 4 nitrogen and oxygen atoms in total. The van der Waals surface area contributed by atoms with Crippen LogP contribution in [0.15, 0.2) is 0 Å². The highest BCUT2D eigenvalue weighted by Gasteiger charge is 2.04. The van der Waals surface area contributed by atoms with Crippen molar-refractivity contribution in [1.29, 1.82) is 0 Å². The summed E-state index contributed by atoms with van der Waals surface area (Å²) >= 11 is 0. The molecule has 0 aromatic heterocycles. The summed E-state index contributed by atoms with van der Waals surface area (Å²) in [7, 11) is 1.67. The maximum atomic E-state index is 11.3. The van der Waals surface area contributed by atoms with Crippen molar-refractivity contribution < 1.29 is 9.53 Å². The number of methoxy groups -OCH3 is 1. The van der Waals surface area contributed by atoms with Gasteiger partial charge in [-0.1, -0.05) is 13.8 Å². The Hall–Kier alpha value is -0.610. The number of ether oxygens (including phenoxy) is 1. The quantitative estimate of drug-likeness (QED) is 0.630. The summed E-state index contributed by atoms with van der Waals surface area (Å²) in [5.41, 5.74) is 0. The van der Waals surface area contributed by atoms with Gasteiger partial charge < -0.3 is 15.4 Å². The highest BCUT2D eigenvalue weighted by Crippen LogP contribution is 1.88. The molecule has 0 rings (SSSR count). The number of rotatable bonds is 8. The monoisotopic (exact) mass is 216 g/mol. The van der Waals surface area contributed by atoms with Gasteiger partial charge in [0, 0.05) is 32.7 Å². The Morgan fingerprint density at radius 1 is 1.33 bits per heavy atom. The van der Waals surface area contributed by atoms with Crippen molar-refractivity contribution in [2.75, 3.05) is 26.8 Å². The third-order valence-corrected chi connectivity index (χ3v) is 1.97. The van der Waals surface area contributed by atoms with Crippen LogP contribution in [-0.2, 0) is 9.53 Å². The van der Waals surface area contributed by atoms with Gasteiger partial charge in [-0.15, -0.1) is 0 Å². The van der Waals surface area contributed by atoms with Gasteiger partial charge in [-0.05, 0) is 12.8 Å². The molecule has 1 amide bonds. The molecular weight excluding hydrogens is 192 g/mol. The molecule has 0 aliphatic rings. The molecule has 1 unspecified atom stereocenters. The summed E-state index contributed by atoms with van der Waals surface area (Å²) < 4.78 is 4.98. The molecule has 0 aliphatic heterocycles. The molecular formula is C11H24N2O2. The molecule has 0 aromatic carbocycles. The number of carbonyl (C=O) groups excluding carboxylic acids is 1. The fraction of sp³-hybridized carbons (Fsp3) is 0.909. The van der Waals surface area contributed by atoms with Crippen LogP contribution in [0.4, 0.5) is 0 Å². The Labute approximate surface area is 92.8 Å². The van der Waals surface area contributed by atoms with E-state index >= 15 is 0 Å². The topological polar surface area (TPSA) is 50.4 Å². The first-order valence-electron chi connectivity index (χ1n) is 5.55. The molecule has 0 fully saturated rings. The number of hydrogen-bond acceptors (Lipinski definition) is 3. The van der Waals surface area contributed by atoms with Crippen LogP contribution in [0.5, 0.6) is 0 Å². The van der Waals surface area contributed by atoms with E-state index in [1.165, 1.54) is 0 Å². The summed E-state index contributed by atoms with van der Waals surface area (Å²) in [4.78, 5) is 11.3. The Bertz CT molecular complexity index is 172. The zero-order valence-corrected chi connectivity index (χ0v) is 10.3. The molecule has 0 radical (unpaired) electrons. The van der Waals surface area contributed by atoms with Gasteiger partial charge in [0.1, 0.15) is 0 Å². The zero-order chi connectivity index (χ0) is 11.7. The van der Waals surface area contributed by atoms with Crippen LogP contribution in [0.25, 0.3) is 0 Å². The van der Waals surface area contributed by atoms with E-state index in [4.69, 9.17) is 4.74 Å². The molecule has 4 heteroatoms. The zero-order valence-electron chi connectivity index (χ0n) is 10.3. The predicted molar refractivity (Wildman–Crippen MR) is 61.8 cm³/mol. The molecule has 2 N–H and O–H groups in total. The van der Waals surface area contributed by atoms with E-state index in [0.29, 0.717) is 31.5 Å². The van der Waals surface area contributed by atoms with E-state index in [0.717, 1.165) is 6.54 Å². The third kappa shape index (κ3) is 9.69. The van der Waals surface area contributed by atoms with Crippen LogP contribution in [-0.4, -0.2) is 38.8 Å². The van der Waals surface area contributed by atoms with Gasteiger partial charge >= 0.3 is 0 Å². The Morgan fingerprint density at radius 2 is 2.00 bits per heavy atom. The third-order valence-electron chi connectivity index (χ3n) is 1.97. The average molecular weight is 216 g/mol. The van der Waals surface area contributed by atoms with Gasteiger partial charge in [-0.3, -0.25) is 4.79 Å². The lowest BCUT2D eigenvalue weighted by Crippen LogP contribution is -2.35. The number of nitrogens with one attached hydrogen (secondary N) is 2. The van der Waals surface area contributed by atoms with Crippen LogP contribution in [0.1, 0.15) is 27.2 Å². The van der Waals surface area contributed by atoms with Gasteiger partial charge in [-0.25, -0.2) is 0 Å². The number of amides is 1. The first-order valence-corrected chi connectivity index (χ1v) is 5.55. The molecule has 0 heterocycles. The van der Waals surface area contributed by atoms with Crippen molar-refractivity contribution in [3.05, 3.63) is 0 Å². The minimum absolute atomic E-state index is 0.112. The molecule has 0 bridgehead atoms. The van der Waals surface area contributed by atoms with Crippen molar-refractivity contribution in [2.45, 2.75) is 33.2 Å². The fourth-order valence-corrected chi connectivity index (χ4v) is 1.15. The van der Waals surface area contributed by atoms with Gasteiger partial charge in [0.05, 0.1) is 6.61 Å². The maximum absolute atomic E-state index is 11.3. The van der Waals surface area contributed by atoms with Crippen LogP contribution in [0.3, 0.4) is 0 Å². The van der Waals surface area contributed by atoms with Crippen molar-refractivity contribution in [1.82, 2.24) is 10.6 Å². The SMILES string of the molecule is COCC(C)NCCC(=O)NCC(C)C. The lowest BCUT2D eigenvalue weighted by molar-refractivity contribution is -0.121. The minimum atomic E-state index is 0.112. The van der Waals surface area contributed by atoms with E-state index in [-0.39, 0.29) is 5.91 Å². The maximum Gasteiger partial charge on any atom is 0.221 e. The molecule has 0 aliphatic carbocycles. The van der Waals surface area contributed by atoms with Crippen molar-refractivity contribution >= 4 is 5.91 Å². The van der Waals surface area contributed by atoms with E-state index in [2.05, 4.69) is 24.5 Å². The second-order valence-electron chi connectivity index (χ2n) is 4.26. The van der Waals surface area contributed by atoms with Crippen molar-refractivity contribution in [3.63, 3.8) is 0 Å². The Morgan fingerprint density at radius 3 is 2.53 bits per heavy atom. The van der Waals surface area contributed by atoms with Gasteiger partial charge in [0.25, 0.3) is 0 Å². The van der Waals surface area contributed by atoms with Gasteiger partial charge in [0.15, 0.2) is 0 Å². The highest BCUT2D eigenvalue weighted by atomic mass is 16.5. The highest BCUT2D eigenvalue weighted by molar-refractivity contribution is 5.76. The van der Waals surface area contributed by atoms with E-state index in [9.17, 15) is 4.79 Å². The fourth-order valence-electron chi connectivity index (χ4n) is 1.15. The lowest BCUT2D eigenvalue weighted by Gasteiger charge is -2.12. The molecule has 0 saturated carbocycles. The van der Waals surface area contributed by atoms with Gasteiger partial charge in [-0.2, -0.15) is 0 Å². The largest absolute Gasteiger partial charge is 0.383 e. The second-order valence-corrected chi connectivity index (χ2v) is 4.26. The first kappa shape index (κ1) is 14.4. The summed E-state index contributed by atoms with van der Waals surface area (Å²) in [6, 6.07) is 0.299. The number of carbonyl (C=O) groups is 1. The van der Waals surface area contributed by atoms with Crippen LogP contribution in [0, 0.1) is 5.92 Å². The van der Waals surface area contributed by atoms with Crippen LogP contribution >= 0.6 is 0 Å².